The van der Waals surface area contributed by atoms with Crippen molar-refractivity contribution in [3.8, 4) is 5.75 Å². The summed E-state index contributed by atoms with van der Waals surface area (Å²) in [6, 6.07) is 22.7. The highest BCUT2D eigenvalue weighted by Crippen LogP contribution is 2.33. The van der Waals surface area contributed by atoms with Crippen LogP contribution in [-0.2, 0) is 37.2 Å². The van der Waals surface area contributed by atoms with Gasteiger partial charge in [0.15, 0.2) is 11.9 Å². The van der Waals surface area contributed by atoms with Gasteiger partial charge in [0.2, 0.25) is 10.0 Å². The van der Waals surface area contributed by atoms with Crippen LogP contribution in [0, 0.1) is 11.8 Å². The fraction of sp³-hybridized carbons (Fsp3) is 0.459. The summed E-state index contributed by atoms with van der Waals surface area (Å²) < 4.78 is 57.9. The zero-order valence-electron chi connectivity index (χ0n) is 28.8. The van der Waals surface area contributed by atoms with Gasteiger partial charge < -0.3 is 39.2 Å². The Labute approximate surface area is 298 Å². The minimum absolute atomic E-state index is 0.0428. The molecule has 4 aromatic rings. The maximum Gasteiger partial charge on any atom is 0.407 e. The minimum atomic E-state index is -4.11. The predicted molar refractivity (Wildman–Crippen MR) is 188 cm³/mol. The molecule has 6 rings (SSSR count). The second-order valence-electron chi connectivity index (χ2n) is 13.3. The average Bonchev–Trinajstić information content (AvgIpc) is 3.86. The van der Waals surface area contributed by atoms with Crippen molar-refractivity contribution in [1.29, 1.82) is 0 Å². The molecule has 0 aliphatic carbocycles. The van der Waals surface area contributed by atoms with Crippen molar-refractivity contribution in [3.63, 3.8) is 0 Å². The van der Waals surface area contributed by atoms with Gasteiger partial charge in [-0.1, -0.05) is 67.5 Å². The topological polar surface area (TPSA) is 162 Å². The normalized spacial score (nSPS) is 20.1. The molecule has 2 saturated heterocycles. The lowest BCUT2D eigenvalue weighted by Crippen LogP contribution is -2.51. The molecule has 0 unspecified atom stereocenters. The van der Waals surface area contributed by atoms with E-state index in [0.29, 0.717) is 43.0 Å². The number of rotatable bonds is 17. The van der Waals surface area contributed by atoms with E-state index < -0.39 is 34.4 Å². The number of aliphatic hydroxyl groups excluding tert-OH is 1. The van der Waals surface area contributed by atoms with E-state index in [-0.39, 0.29) is 49.1 Å². The number of aliphatic hydroxyl groups is 1. The first-order chi connectivity index (χ1) is 24.7. The van der Waals surface area contributed by atoms with Crippen LogP contribution in [0.4, 0.5) is 4.79 Å². The first-order valence-electron chi connectivity index (χ1n) is 17.4. The quantitative estimate of drug-likeness (QED) is 0.135. The Kier molecular flexibility index (Phi) is 12.2. The monoisotopic (exact) mass is 722 g/mol. The molecule has 1 aromatic heterocycles. The summed E-state index contributed by atoms with van der Waals surface area (Å²) in [5.74, 6) is 0.669. The lowest BCUT2D eigenvalue weighted by atomic mass is 10.0. The summed E-state index contributed by atoms with van der Waals surface area (Å²) in [6.45, 7) is 5.78. The molecule has 3 heterocycles. The Morgan fingerprint density at radius 1 is 1.04 bits per heavy atom. The molecule has 13 nitrogen and oxygen atoms in total. The number of sulfonamides is 1. The molecule has 0 bridgehead atoms. The predicted octanol–water partition coefficient (Wildman–Crippen LogP) is 4.10. The van der Waals surface area contributed by atoms with Crippen molar-refractivity contribution in [1.82, 2.24) is 20.1 Å². The second kappa shape index (κ2) is 17.0. The van der Waals surface area contributed by atoms with E-state index >= 15 is 0 Å². The van der Waals surface area contributed by atoms with Crippen molar-refractivity contribution in [2.45, 2.75) is 62.7 Å². The molecule has 1 amide bonds. The summed E-state index contributed by atoms with van der Waals surface area (Å²) in [6.07, 6.45) is -1.86. The Bertz CT molecular complexity index is 1820. The van der Waals surface area contributed by atoms with Gasteiger partial charge in [-0.25, -0.2) is 13.2 Å². The fourth-order valence-electron chi connectivity index (χ4n) is 6.40. The lowest BCUT2D eigenvalue weighted by Gasteiger charge is -2.31. The number of hydrogen-bond acceptors (Lipinski definition) is 11. The van der Waals surface area contributed by atoms with Gasteiger partial charge >= 0.3 is 6.09 Å². The SMILES string of the molecule is CC(C)CN(C[C@@H](O)[C@H](Cc1ccccc1)NC(=O)O[C@H]1CO[C@H]2OCC[C@H]21)S(=O)(=O)c1ccc2onc(CNCCOc3ccccc3)c2c1. The molecule has 3 N–H and O–H groups in total. The number of ether oxygens (including phenoxy) is 4. The number of carbonyl (C=O) groups excluding carboxylic acids is 1. The smallest absolute Gasteiger partial charge is 0.407 e. The number of nitrogens with zero attached hydrogens (tertiary/aromatic N) is 2. The number of carbonyl (C=O) groups is 1. The number of benzene rings is 3. The third-order valence-corrected chi connectivity index (χ3v) is 10.8. The van der Waals surface area contributed by atoms with Crippen LogP contribution in [0.25, 0.3) is 11.0 Å². The molecule has 274 valence electrons. The van der Waals surface area contributed by atoms with Crippen molar-refractivity contribution in [2.75, 3.05) is 39.5 Å². The van der Waals surface area contributed by atoms with E-state index in [4.69, 9.17) is 23.5 Å². The maximum atomic E-state index is 14.2. The van der Waals surface area contributed by atoms with Gasteiger partial charge in [0.1, 0.15) is 24.2 Å². The molecule has 3 aromatic carbocycles. The average molecular weight is 723 g/mol. The zero-order valence-corrected chi connectivity index (χ0v) is 29.7. The fourth-order valence-corrected chi connectivity index (χ4v) is 8.05. The molecular weight excluding hydrogens is 676 g/mol. The highest BCUT2D eigenvalue weighted by Gasteiger charge is 2.44. The second-order valence-corrected chi connectivity index (χ2v) is 15.3. The lowest BCUT2D eigenvalue weighted by molar-refractivity contribution is -0.0907. The Morgan fingerprint density at radius 3 is 2.57 bits per heavy atom. The number of alkyl carbamates (subject to hydrolysis) is 1. The van der Waals surface area contributed by atoms with Gasteiger partial charge in [-0.15, -0.1) is 0 Å². The summed E-state index contributed by atoms with van der Waals surface area (Å²) in [5, 5.41) is 22.5. The van der Waals surface area contributed by atoms with Gasteiger partial charge in [0.25, 0.3) is 0 Å². The molecule has 2 aliphatic heterocycles. The number of hydrogen-bond donors (Lipinski definition) is 3. The van der Waals surface area contributed by atoms with E-state index in [0.717, 1.165) is 17.7 Å². The summed E-state index contributed by atoms with van der Waals surface area (Å²) in [4.78, 5) is 13.2. The number of nitrogens with one attached hydrogen (secondary N) is 2. The molecule has 2 aliphatic rings. The molecule has 5 atom stereocenters. The highest BCUT2D eigenvalue weighted by atomic mass is 32.2. The van der Waals surface area contributed by atoms with Gasteiger partial charge in [0.05, 0.1) is 36.2 Å². The van der Waals surface area contributed by atoms with Crippen LogP contribution in [0.5, 0.6) is 5.75 Å². The van der Waals surface area contributed by atoms with Gasteiger partial charge in [0, 0.05) is 31.6 Å². The zero-order chi connectivity index (χ0) is 35.8. The maximum absolute atomic E-state index is 14.2. The van der Waals surface area contributed by atoms with E-state index in [1.54, 1.807) is 12.1 Å². The number of para-hydroxylation sites is 1. The van der Waals surface area contributed by atoms with Crippen LogP contribution in [0.1, 0.15) is 31.5 Å². The van der Waals surface area contributed by atoms with Crippen LogP contribution >= 0.6 is 0 Å². The van der Waals surface area contributed by atoms with Crippen LogP contribution in [0.3, 0.4) is 0 Å². The van der Waals surface area contributed by atoms with Gasteiger partial charge in [-0.2, -0.15) is 4.31 Å². The largest absolute Gasteiger partial charge is 0.492 e. The Hall–Kier alpha value is -4.05. The number of fused-ring (bicyclic) bond motifs is 2. The first kappa shape index (κ1) is 36.7. The van der Waals surface area contributed by atoms with E-state index in [2.05, 4.69) is 15.8 Å². The van der Waals surface area contributed by atoms with Crippen LogP contribution < -0.4 is 15.4 Å². The molecule has 51 heavy (non-hydrogen) atoms. The van der Waals surface area contributed by atoms with E-state index in [1.807, 2.05) is 74.5 Å². The first-order valence-corrected chi connectivity index (χ1v) is 18.8. The molecule has 0 spiro atoms. The molecule has 0 saturated carbocycles. The van der Waals surface area contributed by atoms with Crippen molar-refractivity contribution >= 4 is 27.1 Å². The summed E-state index contributed by atoms with van der Waals surface area (Å²) in [5.41, 5.74) is 1.88. The van der Waals surface area contributed by atoms with Crippen LogP contribution in [-0.4, -0.2) is 93.1 Å². The Morgan fingerprint density at radius 2 is 1.80 bits per heavy atom. The third-order valence-electron chi connectivity index (χ3n) is 9.01. The third kappa shape index (κ3) is 9.44. The highest BCUT2D eigenvalue weighted by molar-refractivity contribution is 7.89. The molecular formula is C37H46N4O9S. The number of amides is 1. The molecule has 2 fully saturated rings. The summed E-state index contributed by atoms with van der Waals surface area (Å²) >= 11 is 0. The van der Waals surface area contributed by atoms with E-state index in [9.17, 15) is 18.3 Å². The molecule has 0 radical (unpaired) electrons. The Balaban J connectivity index is 1.15. The number of aromatic nitrogens is 1. The van der Waals surface area contributed by atoms with Crippen molar-refractivity contribution in [2.24, 2.45) is 11.8 Å². The van der Waals surface area contributed by atoms with Crippen molar-refractivity contribution < 1.29 is 41.8 Å². The minimum Gasteiger partial charge on any atom is -0.492 e. The standard InChI is InChI=1S/C37H46N4O9S/c1-25(2)22-41(23-33(42)31(19-26-9-5-3-6-10-26)39-37(43)49-35-24-48-36-29(35)15-17-47-36)51(44,45)28-13-14-34-30(20-28)32(40-50-34)21-38-16-18-46-27-11-7-4-8-12-27/h3-14,20,25,29,31,33,35-36,38,42H,15-19,21-24H2,1-2H3,(H,39,43)/t29-,31-,33+,35-,36+/m0/s1. The van der Waals surface area contributed by atoms with E-state index in [1.165, 1.54) is 10.4 Å². The van der Waals surface area contributed by atoms with Crippen LogP contribution in [0.2, 0.25) is 0 Å². The van der Waals surface area contributed by atoms with Gasteiger partial charge in [-0.05, 0) is 54.7 Å². The van der Waals surface area contributed by atoms with Gasteiger partial charge in [-0.3, -0.25) is 0 Å². The summed E-state index contributed by atoms with van der Waals surface area (Å²) in [7, 11) is -4.11. The molecule has 14 heteroatoms. The van der Waals surface area contributed by atoms with Crippen molar-refractivity contribution in [3.05, 3.63) is 90.1 Å². The van der Waals surface area contributed by atoms with Crippen LogP contribution in [0.15, 0.2) is 88.3 Å².